The number of pyridine rings is 1. The molecule has 2 aromatic rings. The van der Waals surface area contributed by atoms with Crippen LogP contribution in [0.25, 0.3) is 10.9 Å². The Hall–Kier alpha value is -2.56. The second-order valence-electron chi connectivity index (χ2n) is 7.14. The van der Waals surface area contributed by atoms with E-state index in [9.17, 15) is 18.0 Å². The predicted octanol–water partition coefficient (Wildman–Crippen LogP) is 3.07. The molecule has 0 bridgehead atoms. The van der Waals surface area contributed by atoms with E-state index in [-0.39, 0.29) is 17.1 Å². The topological polar surface area (TPSA) is 80.8 Å². The fraction of sp³-hybridized carbons (Fsp3) is 0.389. The second kappa shape index (κ2) is 7.12. The van der Waals surface area contributed by atoms with E-state index in [1.165, 1.54) is 7.05 Å². The average Bonchev–Trinajstić information content (AvgIpc) is 2.85. The number of carbonyl (C=O) groups excluding carboxylic acids is 1. The molecule has 1 unspecified atom stereocenters. The molecule has 3 rings (SSSR count). The summed E-state index contributed by atoms with van der Waals surface area (Å²) in [6, 6.07) is 7.45. The number of aromatic nitrogens is 1. The minimum Gasteiger partial charge on any atom is -0.360 e. The molecule has 10 heteroatoms. The van der Waals surface area contributed by atoms with E-state index in [0.29, 0.717) is 18.1 Å². The van der Waals surface area contributed by atoms with Crippen LogP contribution in [-0.4, -0.2) is 48.2 Å². The Labute approximate surface area is 159 Å². The fourth-order valence-corrected chi connectivity index (χ4v) is 3.33. The van der Waals surface area contributed by atoms with Crippen molar-refractivity contribution in [1.29, 1.82) is 0 Å². The summed E-state index contributed by atoms with van der Waals surface area (Å²) in [7, 11) is 1.23. The lowest BCUT2D eigenvalue weighted by atomic mass is 10.1. The van der Waals surface area contributed by atoms with Crippen LogP contribution < -0.4 is 10.4 Å². The number of hydrogen-bond donors (Lipinski definition) is 1. The van der Waals surface area contributed by atoms with Crippen LogP contribution in [0, 0.1) is 5.92 Å². The summed E-state index contributed by atoms with van der Waals surface area (Å²) in [4.78, 5) is 24.4. The van der Waals surface area contributed by atoms with E-state index in [0.717, 1.165) is 21.7 Å². The molecule has 0 saturated heterocycles. The quantitative estimate of drug-likeness (QED) is 0.477. The third kappa shape index (κ3) is 3.71. The van der Waals surface area contributed by atoms with E-state index in [1.54, 1.807) is 6.20 Å². The molecule has 1 atom stereocenters. The van der Waals surface area contributed by atoms with Gasteiger partial charge in [0, 0.05) is 13.0 Å². The molecule has 0 amide bonds. The Bertz CT molecular complexity index is 944. The zero-order valence-corrected chi connectivity index (χ0v) is 15.7. The van der Waals surface area contributed by atoms with Gasteiger partial charge in [-0.3, -0.25) is 4.98 Å². The predicted molar refractivity (Wildman–Crippen MR) is 99.3 cm³/mol. The van der Waals surface area contributed by atoms with Gasteiger partial charge in [0.05, 0.1) is 17.1 Å². The number of nitrogens with zero attached hydrogens (tertiary/aromatic N) is 4. The minimum absolute atomic E-state index is 0.163. The summed E-state index contributed by atoms with van der Waals surface area (Å²) >= 11 is 0. The molecule has 1 aromatic heterocycles. The zero-order chi connectivity index (χ0) is 20.7. The highest BCUT2D eigenvalue weighted by atomic mass is 19.4. The number of para-hydroxylation sites is 1. The Morgan fingerprint density at radius 2 is 2.00 bits per heavy atom. The molecule has 1 aliphatic heterocycles. The highest BCUT2D eigenvalue weighted by Gasteiger charge is 2.46. The largest absolute Gasteiger partial charge is 0.492 e. The van der Waals surface area contributed by atoms with Crippen molar-refractivity contribution in [2.24, 2.45) is 16.8 Å². The maximum atomic E-state index is 12.5. The first kappa shape index (κ1) is 20.2. The lowest BCUT2D eigenvalue weighted by Gasteiger charge is -2.32. The lowest BCUT2D eigenvalue weighted by molar-refractivity contribution is -0.231. The van der Waals surface area contributed by atoms with Gasteiger partial charge in [-0.2, -0.15) is 28.6 Å². The first-order chi connectivity index (χ1) is 13.0. The van der Waals surface area contributed by atoms with Crippen molar-refractivity contribution >= 4 is 34.1 Å². The van der Waals surface area contributed by atoms with Gasteiger partial charge in [0.25, 0.3) is 0 Å². The number of likely N-dealkylation sites (N-methyl/N-ethyl adjacent to an activating group) is 1. The van der Waals surface area contributed by atoms with E-state index in [4.69, 9.17) is 5.84 Å². The normalized spacial score (nSPS) is 19.2. The van der Waals surface area contributed by atoms with Crippen molar-refractivity contribution in [1.82, 2.24) is 14.6 Å². The Morgan fingerprint density at radius 1 is 1.32 bits per heavy atom. The van der Waals surface area contributed by atoms with Crippen molar-refractivity contribution < 1.29 is 22.8 Å². The number of hydrogen-bond acceptors (Lipinski definition) is 6. The Balaban J connectivity index is 1.97. The summed E-state index contributed by atoms with van der Waals surface area (Å²) in [5.41, 5.74) is 2.02. The van der Waals surface area contributed by atoms with Gasteiger partial charge in [-0.25, -0.2) is 4.79 Å². The number of halogens is 3. The van der Waals surface area contributed by atoms with Gasteiger partial charge < -0.3 is 4.84 Å². The third-order valence-electron chi connectivity index (χ3n) is 4.32. The molecule has 0 radical (unpaired) electrons. The van der Waals surface area contributed by atoms with Gasteiger partial charge in [-0.1, -0.05) is 26.0 Å². The maximum Gasteiger partial charge on any atom is 0.492 e. The molecule has 2 N–H and O–H groups in total. The van der Waals surface area contributed by atoms with Crippen molar-refractivity contribution in [3.05, 3.63) is 30.5 Å². The molecular weight excluding hydrogens is 375 g/mol. The molecule has 2 heterocycles. The molecule has 150 valence electrons. The number of aliphatic imine (C=N–C) groups is 1. The standard InChI is InChI=1S/C18H21F3N5O2/c1-11(2)10-26(22)15(9-25(3)28-17(27)18(19,20)21)24-14-8-23-13-7-5-4-6-12(13)16(14)26/h4-8,11H,9-10,22H2,1-3H3/q+1. The monoisotopic (exact) mass is 396 g/mol. The van der Waals surface area contributed by atoms with Gasteiger partial charge in [-0.05, 0) is 12.1 Å². The molecule has 1 aromatic carbocycles. The van der Waals surface area contributed by atoms with E-state index < -0.39 is 12.1 Å². The first-order valence-corrected chi connectivity index (χ1v) is 8.65. The van der Waals surface area contributed by atoms with Crippen molar-refractivity contribution in [2.45, 2.75) is 20.0 Å². The first-order valence-electron chi connectivity index (χ1n) is 8.65. The number of benzene rings is 1. The molecule has 1 aliphatic rings. The van der Waals surface area contributed by atoms with Crippen molar-refractivity contribution in [3.8, 4) is 0 Å². The van der Waals surface area contributed by atoms with E-state index in [1.807, 2.05) is 38.1 Å². The number of rotatable bonds is 5. The summed E-state index contributed by atoms with van der Waals surface area (Å²) in [6.45, 7) is 4.24. The lowest BCUT2D eigenvalue weighted by Crippen LogP contribution is -2.63. The van der Waals surface area contributed by atoms with Crippen LogP contribution in [0.3, 0.4) is 0 Å². The van der Waals surface area contributed by atoms with Crippen LogP contribution in [0.1, 0.15) is 13.8 Å². The summed E-state index contributed by atoms with van der Waals surface area (Å²) in [5, 5.41) is 1.60. The van der Waals surface area contributed by atoms with E-state index >= 15 is 0 Å². The van der Waals surface area contributed by atoms with Gasteiger partial charge in [-0.15, -0.1) is 5.06 Å². The third-order valence-corrected chi connectivity index (χ3v) is 4.32. The Morgan fingerprint density at radius 3 is 2.64 bits per heavy atom. The molecule has 0 fully saturated rings. The summed E-state index contributed by atoms with van der Waals surface area (Å²) in [6.07, 6.45) is -3.49. The number of amidine groups is 1. The van der Waals surface area contributed by atoms with Crippen LogP contribution in [0.15, 0.2) is 35.5 Å². The van der Waals surface area contributed by atoms with Crippen molar-refractivity contribution in [3.63, 3.8) is 0 Å². The smallest absolute Gasteiger partial charge is 0.360 e. The number of alkyl halides is 3. The number of quaternary nitrogens is 1. The summed E-state index contributed by atoms with van der Waals surface area (Å²) < 4.78 is 37.2. The number of nitrogens with two attached hydrogens (primary N) is 1. The average molecular weight is 396 g/mol. The molecule has 0 saturated carbocycles. The summed E-state index contributed by atoms with van der Waals surface area (Å²) in [5.74, 6) is 4.97. The molecular formula is C18H21F3N5O2+. The second-order valence-corrected chi connectivity index (χ2v) is 7.14. The van der Waals surface area contributed by atoms with Crippen LogP contribution in [0.5, 0.6) is 0 Å². The Kier molecular flexibility index (Phi) is 5.13. The maximum absolute atomic E-state index is 12.5. The number of fused-ring (bicyclic) bond motifs is 3. The van der Waals surface area contributed by atoms with Gasteiger partial charge in [0.2, 0.25) is 5.84 Å². The van der Waals surface area contributed by atoms with Gasteiger partial charge in [0.15, 0.2) is 11.4 Å². The number of hydroxylamine groups is 2. The van der Waals surface area contributed by atoms with Gasteiger partial charge >= 0.3 is 12.1 Å². The van der Waals surface area contributed by atoms with Gasteiger partial charge in [0.1, 0.15) is 13.1 Å². The SMILES string of the molecule is CC(C)C[N+]1(N)C(CN(C)OC(=O)C(F)(F)F)=Nc2cnc3ccccc3c21. The molecule has 0 aliphatic carbocycles. The van der Waals surface area contributed by atoms with Crippen LogP contribution in [0.4, 0.5) is 24.5 Å². The number of carbonyl (C=O) groups is 1. The highest BCUT2D eigenvalue weighted by Crippen LogP contribution is 2.43. The van der Waals surface area contributed by atoms with Crippen LogP contribution in [0.2, 0.25) is 0 Å². The molecule has 7 nitrogen and oxygen atoms in total. The molecule has 28 heavy (non-hydrogen) atoms. The zero-order valence-electron chi connectivity index (χ0n) is 15.7. The minimum atomic E-state index is -5.08. The highest BCUT2D eigenvalue weighted by molar-refractivity contribution is 6.10. The van der Waals surface area contributed by atoms with Crippen LogP contribution in [-0.2, 0) is 9.63 Å². The van der Waals surface area contributed by atoms with Crippen LogP contribution >= 0.6 is 0 Å². The molecule has 0 spiro atoms. The fourth-order valence-electron chi connectivity index (χ4n) is 3.33. The van der Waals surface area contributed by atoms with E-state index in [2.05, 4.69) is 14.8 Å². The van der Waals surface area contributed by atoms with Crippen molar-refractivity contribution in [2.75, 3.05) is 20.1 Å².